The summed E-state index contributed by atoms with van der Waals surface area (Å²) in [5, 5.41) is 2.65. The first kappa shape index (κ1) is 18.4. The zero-order chi connectivity index (χ0) is 20.2. The Hall–Kier alpha value is -4.00. The van der Waals surface area contributed by atoms with Crippen molar-refractivity contribution in [2.45, 2.75) is 13.0 Å². The number of rotatable bonds is 5. The number of para-hydroxylation sites is 2. The van der Waals surface area contributed by atoms with E-state index in [0.717, 1.165) is 0 Å². The van der Waals surface area contributed by atoms with E-state index in [9.17, 15) is 9.59 Å². The fourth-order valence-electron chi connectivity index (χ4n) is 2.79. The highest BCUT2D eigenvalue weighted by Gasteiger charge is 2.23. The number of carbonyl (C=O) groups is 2. The molecule has 0 fully saturated rings. The number of aromatic nitrogens is 2. The van der Waals surface area contributed by atoms with Crippen molar-refractivity contribution in [3.8, 4) is 11.5 Å². The number of hydrogen-bond acceptors (Lipinski definition) is 6. The minimum atomic E-state index is -1.00. The van der Waals surface area contributed by atoms with Gasteiger partial charge >= 0.3 is 5.97 Å². The molecule has 4 rings (SSSR count). The molecule has 29 heavy (non-hydrogen) atoms. The Kier molecular flexibility index (Phi) is 5.03. The predicted molar refractivity (Wildman–Crippen MR) is 107 cm³/mol. The topological polar surface area (TPSA) is 94.3 Å². The molecule has 2 aromatic heterocycles. The molecule has 0 aliphatic carbocycles. The molecule has 0 bridgehead atoms. The molecule has 2 heterocycles. The fraction of sp³-hybridized carbons (Fsp3) is 0.0909. The van der Waals surface area contributed by atoms with Crippen molar-refractivity contribution in [2.75, 3.05) is 5.32 Å². The second-order valence-electron chi connectivity index (χ2n) is 6.31. The highest BCUT2D eigenvalue weighted by atomic mass is 16.5. The first-order chi connectivity index (χ1) is 14.1. The van der Waals surface area contributed by atoms with Gasteiger partial charge in [-0.3, -0.25) is 9.78 Å². The van der Waals surface area contributed by atoms with E-state index in [4.69, 9.17) is 9.15 Å². The van der Waals surface area contributed by atoms with Crippen molar-refractivity contribution in [3.05, 3.63) is 78.6 Å². The lowest BCUT2D eigenvalue weighted by Crippen LogP contribution is -2.30. The van der Waals surface area contributed by atoms with Crippen LogP contribution in [0.5, 0.6) is 0 Å². The molecule has 2 aromatic carbocycles. The van der Waals surface area contributed by atoms with Gasteiger partial charge in [0.15, 0.2) is 11.7 Å². The van der Waals surface area contributed by atoms with Crippen molar-refractivity contribution in [3.63, 3.8) is 0 Å². The molecule has 0 saturated carbocycles. The quantitative estimate of drug-likeness (QED) is 0.519. The predicted octanol–water partition coefficient (Wildman–Crippen LogP) is 4.07. The van der Waals surface area contributed by atoms with E-state index in [1.165, 1.54) is 13.1 Å². The normalized spacial score (nSPS) is 11.8. The average Bonchev–Trinajstić information content (AvgIpc) is 3.18. The molecule has 1 unspecified atom stereocenters. The van der Waals surface area contributed by atoms with E-state index in [0.29, 0.717) is 28.2 Å². The van der Waals surface area contributed by atoms with Crippen molar-refractivity contribution < 1.29 is 18.7 Å². The Morgan fingerprint density at radius 2 is 1.83 bits per heavy atom. The molecule has 1 atom stereocenters. The molecular weight excluding hydrogens is 370 g/mol. The Morgan fingerprint density at radius 3 is 2.62 bits per heavy atom. The number of anilines is 1. The van der Waals surface area contributed by atoms with Gasteiger partial charge in [0.05, 0.1) is 23.0 Å². The van der Waals surface area contributed by atoms with Crippen LogP contribution in [0.3, 0.4) is 0 Å². The second kappa shape index (κ2) is 7.93. The number of hydrogen-bond donors (Lipinski definition) is 1. The van der Waals surface area contributed by atoms with Crippen molar-refractivity contribution in [1.82, 2.24) is 9.97 Å². The average molecular weight is 387 g/mol. The number of nitrogens with one attached hydrogen (secondary N) is 1. The van der Waals surface area contributed by atoms with Crippen LogP contribution in [0, 0.1) is 0 Å². The Morgan fingerprint density at radius 1 is 1.03 bits per heavy atom. The lowest BCUT2D eigenvalue weighted by Gasteiger charge is -2.14. The number of carbonyl (C=O) groups excluding carboxylic acids is 2. The van der Waals surface area contributed by atoms with Gasteiger partial charge in [-0.1, -0.05) is 24.3 Å². The smallest absolute Gasteiger partial charge is 0.339 e. The standard InChI is InChI=1S/C22H17N3O4/c1-14(20(26)24-15-7-6-12-23-13-15)28-22(27)17-9-3-2-8-16(17)21-25-18-10-4-5-11-19(18)29-21/h2-14H,1H3,(H,24,26). The van der Waals surface area contributed by atoms with Crippen LogP contribution in [0.1, 0.15) is 17.3 Å². The molecule has 1 amide bonds. The maximum atomic E-state index is 12.7. The summed E-state index contributed by atoms with van der Waals surface area (Å²) in [6.45, 7) is 1.51. The fourth-order valence-corrected chi connectivity index (χ4v) is 2.79. The summed E-state index contributed by atoms with van der Waals surface area (Å²) in [7, 11) is 0. The van der Waals surface area contributed by atoms with Crippen LogP contribution < -0.4 is 5.32 Å². The Bertz CT molecular complexity index is 1140. The van der Waals surface area contributed by atoms with Crippen LogP contribution in [0.2, 0.25) is 0 Å². The summed E-state index contributed by atoms with van der Waals surface area (Å²) in [6.07, 6.45) is 2.11. The summed E-state index contributed by atoms with van der Waals surface area (Å²) in [6, 6.07) is 17.6. The Labute approximate surface area is 166 Å². The van der Waals surface area contributed by atoms with Gasteiger partial charge in [-0.15, -0.1) is 0 Å². The molecule has 0 saturated heterocycles. The number of pyridine rings is 1. The molecule has 7 heteroatoms. The van der Waals surface area contributed by atoms with Crippen LogP contribution in [0.25, 0.3) is 22.6 Å². The first-order valence-corrected chi connectivity index (χ1v) is 8.98. The van der Waals surface area contributed by atoms with E-state index in [2.05, 4.69) is 15.3 Å². The summed E-state index contributed by atoms with van der Waals surface area (Å²) >= 11 is 0. The maximum absolute atomic E-state index is 12.7. The SMILES string of the molecule is CC(OC(=O)c1ccccc1-c1nc2ccccc2o1)C(=O)Nc1cccnc1. The second-order valence-corrected chi connectivity index (χ2v) is 6.31. The number of fused-ring (bicyclic) bond motifs is 1. The van der Waals surface area contributed by atoms with Gasteiger partial charge < -0.3 is 14.5 Å². The Balaban J connectivity index is 1.54. The maximum Gasteiger partial charge on any atom is 0.339 e. The van der Waals surface area contributed by atoms with Gasteiger partial charge in [0.1, 0.15) is 5.52 Å². The number of esters is 1. The van der Waals surface area contributed by atoms with Gasteiger partial charge in [0.25, 0.3) is 5.91 Å². The summed E-state index contributed by atoms with van der Waals surface area (Å²) < 4.78 is 11.1. The molecule has 7 nitrogen and oxygen atoms in total. The van der Waals surface area contributed by atoms with Crippen LogP contribution in [-0.4, -0.2) is 27.9 Å². The molecule has 0 radical (unpaired) electrons. The van der Waals surface area contributed by atoms with Gasteiger partial charge in [-0.25, -0.2) is 9.78 Å². The van der Waals surface area contributed by atoms with Gasteiger partial charge in [0.2, 0.25) is 5.89 Å². The number of oxazole rings is 1. The van der Waals surface area contributed by atoms with Crippen LogP contribution in [0.4, 0.5) is 5.69 Å². The third-order valence-electron chi connectivity index (χ3n) is 4.25. The first-order valence-electron chi connectivity index (χ1n) is 8.98. The molecule has 4 aromatic rings. The van der Waals surface area contributed by atoms with E-state index in [1.54, 1.807) is 48.7 Å². The molecule has 144 valence electrons. The van der Waals surface area contributed by atoms with Gasteiger partial charge in [-0.05, 0) is 43.3 Å². The van der Waals surface area contributed by atoms with Crippen LogP contribution in [-0.2, 0) is 9.53 Å². The van der Waals surface area contributed by atoms with Crippen molar-refractivity contribution >= 4 is 28.7 Å². The number of nitrogens with zero attached hydrogens (tertiary/aromatic N) is 2. The molecule has 0 aliphatic heterocycles. The van der Waals surface area contributed by atoms with E-state index < -0.39 is 18.0 Å². The molecular formula is C22H17N3O4. The molecule has 0 aliphatic rings. The van der Waals surface area contributed by atoms with E-state index in [-0.39, 0.29) is 5.56 Å². The third-order valence-corrected chi connectivity index (χ3v) is 4.25. The van der Waals surface area contributed by atoms with E-state index >= 15 is 0 Å². The largest absolute Gasteiger partial charge is 0.449 e. The highest BCUT2D eigenvalue weighted by Crippen LogP contribution is 2.27. The zero-order valence-electron chi connectivity index (χ0n) is 15.5. The van der Waals surface area contributed by atoms with E-state index in [1.807, 2.05) is 18.2 Å². The minimum absolute atomic E-state index is 0.264. The van der Waals surface area contributed by atoms with Crippen LogP contribution >= 0.6 is 0 Å². The summed E-state index contributed by atoms with van der Waals surface area (Å²) in [5.74, 6) is -0.784. The zero-order valence-corrected chi connectivity index (χ0v) is 15.5. The number of amides is 1. The van der Waals surface area contributed by atoms with Crippen molar-refractivity contribution in [2.24, 2.45) is 0 Å². The van der Waals surface area contributed by atoms with Gasteiger partial charge in [0, 0.05) is 6.20 Å². The molecule has 1 N–H and O–H groups in total. The monoisotopic (exact) mass is 387 g/mol. The summed E-state index contributed by atoms with van der Waals surface area (Å²) in [5.41, 5.74) is 2.59. The molecule has 0 spiro atoms. The lowest BCUT2D eigenvalue weighted by atomic mass is 10.1. The van der Waals surface area contributed by atoms with Crippen molar-refractivity contribution in [1.29, 1.82) is 0 Å². The van der Waals surface area contributed by atoms with Crippen LogP contribution in [0.15, 0.2) is 77.5 Å². The minimum Gasteiger partial charge on any atom is -0.449 e. The van der Waals surface area contributed by atoms with Gasteiger partial charge in [-0.2, -0.15) is 0 Å². The lowest BCUT2D eigenvalue weighted by molar-refractivity contribution is -0.123. The number of ether oxygens (including phenoxy) is 1. The summed E-state index contributed by atoms with van der Waals surface area (Å²) in [4.78, 5) is 33.4. The number of benzene rings is 2. The third kappa shape index (κ3) is 3.98. The highest BCUT2D eigenvalue weighted by molar-refractivity contribution is 6.00.